The molecular weight excluding hydrogens is 274 g/mol. The maximum atomic E-state index is 12.4. The van der Waals surface area contributed by atoms with E-state index in [1.165, 1.54) is 0 Å². The van der Waals surface area contributed by atoms with Gasteiger partial charge < -0.3 is 5.32 Å². The Bertz CT molecular complexity index is 689. The standard InChI is InChI=1S/C19H21NO2/c1-13(2)12-18(21)16-10-6-7-11-17(16)20-19(22)15-9-5-4-8-14(15)3/h4-11,13H,12H2,1-3H3,(H,20,22). The van der Waals surface area contributed by atoms with Crippen molar-refractivity contribution in [1.29, 1.82) is 0 Å². The summed E-state index contributed by atoms with van der Waals surface area (Å²) in [5.74, 6) is 0.145. The fourth-order valence-electron chi connectivity index (χ4n) is 2.33. The first-order chi connectivity index (χ1) is 10.5. The zero-order valence-corrected chi connectivity index (χ0v) is 13.2. The summed E-state index contributed by atoms with van der Waals surface area (Å²) < 4.78 is 0. The van der Waals surface area contributed by atoms with Crippen molar-refractivity contribution in [3.05, 3.63) is 65.2 Å². The Morgan fingerprint density at radius 1 is 0.955 bits per heavy atom. The number of carbonyl (C=O) groups excluding carboxylic acids is 2. The van der Waals surface area contributed by atoms with Crippen molar-refractivity contribution in [1.82, 2.24) is 0 Å². The Kier molecular flexibility index (Phi) is 5.10. The molecule has 0 bridgehead atoms. The van der Waals surface area contributed by atoms with E-state index in [4.69, 9.17) is 0 Å². The van der Waals surface area contributed by atoms with Gasteiger partial charge in [0.1, 0.15) is 0 Å². The molecule has 114 valence electrons. The van der Waals surface area contributed by atoms with Gasteiger partial charge in [0.25, 0.3) is 5.91 Å². The van der Waals surface area contributed by atoms with Crippen LogP contribution in [-0.4, -0.2) is 11.7 Å². The summed E-state index contributed by atoms with van der Waals surface area (Å²) in [6.45, 7) is 5.91. The fraction of sp³-hybridized carbons (Fsp3) is 0.263. The van der Waals surface area contributed by atoms with Gasteiger partial charge in [0.05, 0.1) is 5.69 Å². The second-order valence-electron chi connectivity index (χ2n) is 5.84. The number of ketones is 1. The van der Waals surface area contributed by atoms with Gasteiger partial charge in [-0.25, -0.2) is 0 Å². The lowest BCUT2D eigenvalue weighted by molar-refractivity contribution is 0.0968. The van der Waals surface area contributed by atoms with E-state index in [0.717, 1.165) is 5.56 Å². The molecule has 0 saturated heterocycles. The number of para-hydroxylation sites is 1. The number of hydrogen-bond acceptors (Lipinski definition) is 2. The maximum Gasteiger partial charge on any atom is 0.255 e. The molecule has 0 spiro atoms. The van der Waals surface area contributed by atoms with Gasteiger partial charge in [-0.2, -0.15) is 0 Å². The maximum absolute atomic E-state index is 12.4. The molecular formula is C19H21NO2. The van der Waals surface area contributed by atoms with Gasteiger partial charge in [-0.15, -0.1) is 0 Å². The summed E-state index contributed by atoms with van der Waals surface area (Å²) in [5, 5.41) is 2.86. The number of benzene rings is 2. The van der Waals surface area contributed by atoms with Gasteiger partial charge in [-0.1, -0.05) is 44.2 Å². The monoisotopic (exact) mass is 295 g/mol. The van der Waals surface area contributed by atoms with Gasteiger partial charge in [0.2, 0.25) is 0 Å². The van der Waals surface area contributed by atoms with E-state index in [1.807, 2.05) is 51.1 Å². The third-order valence-corrected chi connectivity index (χ3v) is 3.46. The Labute approximate surface area is 131 Å². The van der Waals surface area contributed by atoms with E-state index in [-0.39, 0.29) is 17.6 Å². The summed E-state index contributed by atoms with van der Waals surface area (Å²) in [4.78, 5) is 24.7. The molecule has 3 nitrogen and oxygen atoms in total. The van der Waals surface area contributed by atoms with Crippen LogP contribution in [0.25, 0.3) is 0 Å². The SMILES string of the molecule is Cc1ccccc1C(=O)Nc1ccccc1C(=O)CC(C)C. The van der Waals surface area contributed by atoms with Gasteiger partial charge in [0, 0.05) is 17.5 Å². The third-order valence-electron chi connectivity index (χ3n) is 3.46. The second kappa shape index (κ2) is 7.03. The highest BCUT2D eigenvalue weighted by atomic mass is 16.1. The van der Waals surface area contributed by atoms with Crippen LogP contribution >= 0.6 is 0 Å². The molecule has 0 unspecified atom stereocenters. The lowest BCUT2D eigenvalue weighted by Crippen LogP contribution is -2.16. The highest BCUT2D eigenvalue weighted by molar-refractivity contribution is 6.10. The molecule has 0 fully saturated rings. The minimum Gasteiger partial charge on any atom is -0.321 e. The van der Waals surface area contributed by atoms with Crippen LogP contribution in [0.2, 0.25) is 0 Å². The van der Waals surface area contributed by atoms with Crippen LogP contribution in [0.1, 0.15) is 46.5 Å². The smallest absolute Gasteiger partial charge is 0.255 e. The van der Waals surface area contributed by atoms with Crippen LogP contribution in [-0.2, 0) is 0 Å². The molecule has 1 N–H and O–H groups in total. The Morgan fingerprint density at radius 3 is 2.18 bits per heavy atom. The molecule has 0 atom stereocenters. The molecule has 0 aliphatic rings. The molecule has 2 aromatic rings. The molecule has 0 aliphatic carbocycles. The summed E-state index contributed by atoms with van der Waals surface area (Å²) in [6, 6.07) is 14.6. The van der Waals surface area contributed by atoms with Crippen LogP contribution in [0.4, 0.5) is 5.69 Å². The summed E-state index contributed by atoms with van der Waals surface area (Å²) in [7, 11) is 0. The molecule has 0 aromatic heterocycles. The Balaban J connectivity index is 2.25. The van der Waals surface area contributed by atoms with Gasteiger partial charge in [-0.3, -0.25) is 9.59 Å². The average molecular weight is 295 g/mol. The van der Waals surface area contributed by atoms with E-state index >= 15 is 0 Å². The summed E-state index contributed by atoms with van der Waals surface area (Å²) in [5.41, 5.74) is 2.67. The van der Waals surface area contributed by atoms with E-state index in [1.54, 1.807) is 18.2 Å². The number of carbonyl (C=O) groups is 2. The molecule has 2 aromatic carbocycles. The second-order valence-corrected chi connectivity index (χ2v) is 5.84. The quantitative estimate of drug-likeness (QED) is 0.827. The van der Waals surface area contributed by atoms with Crippen LogP contribution in [0.5, 0.6) is 0 Å². The lowest BCUT2D eigenvalue weighted by Gasteiger charge is -2.12. The van der Waals surface area contributed by atoms with Crippen molar-refractivity contribution in [2.45, 2.75) is 27.2 Å². The van der Waals surface area contributed by atoms with Crippen LogP contribution < -0.4 is 5.32 Å². The number of anilines is 1. The van der Waals surface area contributed by atoms with Gasteiger partial charge in [-0.05, 0) is 36.6 Å². The molecule has 0 saturated carbocycles. The van der Waals surface area contributed by atoms with Crippen LogP contribution in [0.15, 0.2) is 48.5 Å². The summed E-state index contributed by atoms with van der Waals surface area (Å²) in [6.07, 6.45) is 0.469. The highest BCUT2D eigenvalue weighted by Crippen LogP contribution is 2.20. The van der Waals surface area contributed by atoms with Gasteiger partial charge in [0.15, 0.2) is 5.78 Å². The van der Waals surface area contributed by atoms with Crippen molar-refractivity contribution in [3.8, 4) is 0 Å². The number of hydrogen-bond donors (Lipinski definition) is 1. The number of nitrogens with one attached hydrogen (secondary N) is 1. The first-order valence-corrected chi connectivity index (χ1v) is 7.48. The van der Waals surface area contributed by atoms with E-state index in [9.17, 15) is 9.59 Å². The van der Waals surface area contributed by atoms with E-state index in [2.05, 4.69) is 5.32 Å². The first-order valence-electron chi connectivity index (χ1n) is 7.48. The molecule has 1 amide bonds. The highest BCUT2D eigenvalue weighted by Gasteiger charge is 2.15. The largest absolute Gasteiger partial charge is 0.321 e. The summed E-state index contributed by atoms with van der Waals surface area (Å²) >= 11 is 0. The number of rotatable bonds is 5. The van der Waals surface area contributed by atoms with Crippen LogP contribution in [0, 0.1) is 12.8 Å². The molecule has 3 heteroatoms. The van der Waals surface area contributed by atoms with Crippen LogP contribution in [0.3, 0.4) is 0 Å². The van der Waals surface area contributed by atoms with Crippen molar-refractivity contribution in [2.75, 3.05) is 5.32 Å². The predicted octanol–water partition coefficient (Wildman–Crippen LogP) is 4.48. The number of Topliss-reactive ketones (excluding diaryl/α,β-unsaturated/α-hetero) is 1. The average Bonchev–Trinajstić information content (AvgIpc) is 2.47. The van der Waals surface area contributed by atoms with Crippen molar-refractivity contribution >= 4 is 17.4 Å². The van der Waals surface area contributed by atoms with Gasteiger partial charge >= 0.3 is 0 Å². The number of aryl methyl sites for hydroxylation is 1. The molecule has 0 radical (unpaired) electrons. The lowest BCUT2D eigenvalue weighted by atomic mass is 9.99. The van der Waals surface area contributed by atoms with E-state index in [0.29, 0.717) is 23.2 Å². The zero-order chi connectivity index (χ0) is 16.1. The molecule has 0 aliphatic heterocycles. The minimum atomic E-state index is -0.192. The Hall–Kier alpha value is -2.42. The first kappa shape index (κ1) is 16.0. The normalized spacial score (nSPS) is 10.5. The fourth-order valence-corrected chi connectivity index (χ4v) is 2.33. The van der Waals surface area contributed by atoms with E-state index < -0.39 is 0 Å². The van der Waals surface area contributed by atoms with Crippen molar-refractivity contribution < 1.29 is 9.59 Å². The van der Waals surface area contributed by atoms with Crippen molar-refractivity contribution in [2.24, 2.45) is 5.92 Å². The topological polar surface area (TPSA) is 46.2 Å². The molecule has 2 rings (SSSR count). The zero-order valence-electron chi connectivity index (χ0n) is 13.2. The molecule has 22 heavy (non-hydrogen) atoms. The minimum absolute atomic E-state index is 0.0516. The Morgan fingerprint density at radius 2 is 1.55 bits per heavy atom. The number of amides is 1. The predicted molar refractivity (Wildman–Crippen MR) is 89.4 cm³/mol. The van der Waals surface area contributed by atoms with Crippen molar-refractivity contribution in [3.63, 3.8) is 0 Å². The third kappa shape index (κ3) is 3.82. The molecule has 0 heterocycles.